The van der Waals surface area contributed by atoms with Crippen LogP contribution in [0.1, 0.15) is 18.9 Å². The average molecular weight is 207 g/mol. The number of para-hydroxylation sites is 1. The Hall–Kier alpha value is -1.51. The van der Waals surface area contributed by atoms with Gasteiger partial charge in [0.25, 0.3) is 0 Å². The molecule has 1 amide bonds. The minimum Gasteiger partial charge on any atom is -0.449 e. The van der Waals surface area contributed by atoms with Gasteiger partial charge in [-0.1, -0.05) is 25.1 Å². The van der Waals surface area contributed by atoms with Gasteiger partial charge >= 0.3 is 6.09 Å². The van der Waals surface area contributed by atoms with Crippen LogP contribution in [0.25, 0.3) is 0 Å². The molecule has 82 valence electrons. The molecule has 0 saturated carbocycles. The standard InChI is InChI=1S/C12H17NO2/c1-4-9-15-12(14)13(3)11-8-6-5-7-10(11)2/h5-8H,4,9H2,1-3H3. The van der Waals surface area contributed by atoms with E-state index in [1.54, 1.807) is 7.05 Å². The van der Waals surface area contributed by atoms with Gasteiger partial charge in [0.1, 0.15) is 0 Å². The number of ether oxygens (including phenoxy) is 1. The van der Waals surface area contributed by atoms with Crippen LogP contribution in [0.3, 0.4) is 0 Å². The zero-order valence-corrected chi connectivity index (χ0v) is 9.49. The highest BCUT2D eigenvalue weighted by molar-refractivity contribution is 5.87. The first-order chi connectivity index (χ1) is 7.16. The Morgan fingerprint density at radius 3 is 2.67 bits per heavy atom. The van der Waals surface area contributed by atoms with E-state index in [2.05, 4.69) is 0 Å². The number of rotatable bonds is 3. The average Bonchev–Trinajstić information content (AvgIpc) is 2.25. The van der Waals surface area contributed by atoms with Crippen LogP contribution >= 0.6 is 0 Å². The van der Waals surface area contributed by atoms with Crippen molar-refractivity contribution in [3.8, 4) is 0 Å². The number of amides is 1. The normalized spacial score (nSPS) is 9.80. The Balaban J connectivity index is 2.72. The number of carbonyl (C=O) groups excluding carboxylic acids is 1. The van der Waals surface area contributed by atoms with Gasteiger partial charge < -0.3 is 4.74 Å². The van der Waals surface area contributed by atoms with E-state index >= 15 is 0 Å². The number of benzene rings is 1. The molecule has 0 radical (unpaired) electrons. The van der Waals surface area contributed by atoms with Gasteiger partial charge in [0.05, 0.1) is 6.61 Å². The fraction of sp³-hybridized carbons (Fsp3) is 0.417. The summed E-state index contributed by atoms with van der Waals surface area (Å²) in [6.07, 6.45) is 0.541. The Morgan fingerprint density at radius 1 is 1.40 bits per heavy atom. The predicted molar refractivity (Wildman–Crippen MR) is 61.2 cm³/mol. The van der Waals surface area contributed by atoms with Crippen LogP contribution < -0.4 is 4.90 Å². The van der Waals surface area contributed by atoms with Gasteiger partial charge in [0.15, 0.2) is 0 Å². The highest BCUT2D eigenvalue weighted by Gasteiger charge is 2.12. The quantitative estimate of drug-likeness (QED) is 0.762. The van der Waals surface area contributed by atoms with Crippen molar-refractivity contribution in [1.82, 2.24) is 0 Å². The Bertz CT molecular complexity index is 336. The Morgan fingerprint density at radius 2 is 2.07 bits per heavy atom. The third kappa shape index (κ3) is 2.98. The number of hydrogen-bond donors (Lipinski definition) is 0. The van der Waals surface area contributed by atoms with Gasteiger partial charge in [-0.2, -0.15) is 0 Å². The van der Waals surface area contributed by atoms with Gasteiger partial charge in [-0.25, -0.2) is 4.79 Å². The van der Waals surface area contributed by atoms with Crippen LogP contribution in [0.5, 0.6) is 0 Å². The molecule has 0 unspecified atom stereocenters. The molecule has 3 heteroatoms. The molecule has 0 N–H and O–H groups in total. The second-order valence-corrected chi connectivity index (χ2v) is 3.46. The maximum Gasteiger partial charge on any atom is 0.414 e. The molecule has 1 aromatic rings. The summed E-state index contributed by atoms with van der Waals surface area (Å²) >= 11 is 0. The second kappa shape index (κ2) is 5.39. The van der Waals surface area contributed by atoms with Crippen LogP contribution in [0.2, 0.25) is 0 Å². The number of hydrogen-bond acceptors (Lipinski definition) is 2. The number of aryl methyl sites for hydroxylation is 1. The van der Waals surface area contributed by atoms with E-state index in [0.717, 1.165) is 17.7 Å². The third-order valence-electron chi connectivity index (χ3n) is 2.18. The summed E-state index contributed by atoms with van der Waals surface area (Å²) in [5, 5.41) is 0. The molecule has 0 saturated heterocycles. The van der Waals surface area contributed by atoms with Crippen molar-refractivity contribution in [3.63, 3.8) is 0 Å². The van der Waals surface area contributed by atoms with Crippen LogP contribution in [-0.4, -0.2) is 19.7 Å². The zero-order valence-electron chi connectivity index (χ0n) is 9.49. The van der Waals surface area contributed by atoms with Gasteiger partial charge in [-0.3, -0.25) is 4.90 Å². The zero-order chi connectivity index (χ0) is 11.3. The SMILES string of the molecule is CCCOC(=O)N(C)c1ccccc1C. The lowest BCUT2D eigenvalue weighted by Crippen LogP contribution is -2.27. The lowest BCUT2D eigenvalue weighted by Gasteiger charge is -2.18. The van der Waals surface area contributed by atoms with Gasteiger partial charge in [-0.05, 0) is 25.0 Å². The summed E-state index contributed by atoms with van der Waals surface area (Å²) < 4.78 is 5.05. The first-order valence-electron chi connectivity index (χ1n) is 5.13. The van der Waals surface area contributed by atoms with E-state index in [1.807, 2.05) is 38.1 Å². The highest BCUT2D eigenvalue weighted by atomic mass is 16.6. The lowest BCUT2D eigenvalue weighted by molar-refractivity contribution is 0.155. The molecule has 0 heterocycles. The van der Waals surface area contributed by atoms with Gasteiger partial charge in [0.2, 0.25) is 0 Å². The van der Waals surface area contributed by atoms with Crippen molar-refractivity contribution < 1.29 is 9.53 Å². The molecule has 0 aromatic heterocycles. The van der Waals surface area contributed by atoms with E-state index in [4.69, 9.17) is 4.74 Å². The molecule has 0 spiro atoms. The Kier molecular flexibility index (Phi) is 4.16. The molecule has 0 fully saturated rings. The molecule has 0 bridgehead atoms. The number of carbonyl (C=O) groups is 1. The molecule has 0 aliphatic carbocycles. The summed E-state index contributed by atoms with van der Waals surface area (Å²) in [6.45, 7) is 4.41. The molecule has 1 aromatic carbocycles. The first kappa shape index (κ1) is 11.6. The fourth-order valence-corrected chi connectivity index (χ4v) is 1.32. The van der Waals surface area contributed by atoms with Crippen molar-refractivity contribution in [2.24, 2.45) is 0 Å². The molecule has 0 atom stereocenters. The van der Waals surface area contributed by atoms with Crippen molar-refractivity contribution in [3.05, 3.63) is 29.8 Å². The lowest BCUT2D eigenvalue weighted by atomic mass is 10.2. The smallest absolute Gasteiger partial charge is 0.414 e. The number of nitrogens with zero attached hydrogens (tertiary/aromatic N) is 1. The van der Waals surface area contributed by atoms with E-state index in [1.165, 1.54) is 4.90 Å². The van der Waals surface area contributed by atoms with Gasteiger partial charge in [0, 0.05) is 12.7 Å². The van der Waals surface area contributed by atoms with Crippen molar-refractivity contribution in [2.75, 3.05) is 18.6 Å². The van der Waals surface area contributed by atoms with Crippen LogP contribution in [0, 0.1) is 6.92 Å². The third-order valence-corrected chi connectivity index (χ3v) is 2.18. The summed E-state index contributed by atoms with van der Waals surface area (Å²) in [7, 11) is 1.72. The predicted octanol–water partition coefficient (Wildman–Crippen LogP) is 2.98. The minimum absolute atomic E-state index is 0.300. The van der Waals surface area contributed by atoms with Crippen molar-refractivity contribution in [2.45, 2.75) is 20.3 Å². The monoisotopic (exact) mass is 207 g/mol. The van der Waals surface area contributed by atoms with Crippen LogP contribution in [0.4, 0.5) is 10.5 Å². The largest absolute Gasteiger partial charge is 0.449 e. The second-order valence-electron chi connectivity index (χ2n) is 3.46. The summed E-state index contributed by atoms with van der Waals surface area (Å²) in [6, 6.07) is 7.73. The molecule has 3 nitrogen and oxygen atoms in total. The molecule has 15 heavy (non-hydrogen) atoms. The summed E-state index contributed by atoms with van der Waals surface area (Å²) in [5.74, 6) is 0. The maximum absolute atomic E-state index is 11.6. The molecule has 1 rings (SSSR count). The number of anilines is 1. The van der Waals surface area contributed by atoms with Crippen LogP contribution in [0.15, 0.2) is 24.3 Å². The van der Waals surface area contributed by atoms with Crippen LogP contribution in [-0.2, 0) is 4.74 Å². The molecular formula is C12H17NO2. The highest BCUT2D eigenvalue weighted by Crippen LogP contribution is 2.18. The topological polar surface area (TPSA) is 29.5 Å². The van der Waals surface area contributed by atoms with E-state index < -0.39 is 0 Å². The van der Waals surface area contributed by atoms with Crippen molar-refractivity contribution >= 4 is 11.8 Å². The fourth-order valence-electron chi connectivity index (χ4n) is 1.32. The molecule has 0 aliphatic rings. The molecular weight excluding hydrogens is 190 g/mol. The van der Waals surface area contributed by atoms with Gasteiger partial charge in [-0.15, -0.1) is 0 Å². The maximum atomic E-state index is 11.6. The molecule has 0 aliphatic heterocycles. The van der Waals surface area contributed by atoms with E-state index in [9.17, 15) is 4.79 Å². The Labute approximate surface area is 90.7 Å². The summed E-state index contributed by atoms with van der Waals surface area (Å²) in [5.41, 5.74) is 1.95. The first-order valence-corrected chi connectivity index (χ1v) is 5.13. The van der Waals surface area contributed by atoms with Crippen molar-refractivity contribution in [1.29, 1.82) is 0 Å². The van der Waals surface area contributed by atoms with E-state index in [0.29, 0.717) is 6.61 Å². The summed E-state index contributed by atoms with van der Waals surface area (Å²) in [4.78, 5) is 13.1. The van der Waals surface area contributed by atoms with E-state index in [-0.39, 0.29) is 6.09 Å². The minimum atomic E-state index is -0.300.